The van der Waals surface area contributed by atoms with Crippen molar-refractivity contribution in [3.8, 4) is 0 Å². The number of nitrogens with zero attached hydrogens (tertiary/aromatic N) is 2. The van der Waals surface area contributed by atoms with Crippen molar-refractivity contribution in [3.63, 3.8) is 0 Å². The molecule has 0 spiro atoms. The highest BCUT2D eigenvalue weighted by atomic mass is 19.1. The van der Waals surface area contributed by atoms with Gasteiger partial charge in [0.05, 0.1) is 23.7 Å². The molecule has 0 unspecified atom stereocenters. The molecule has 4 rings (SSSR count). The molecule has 2 aliphatic heterocycles. The summed E-state index contributed by atoms with van der Waals surface area (Å²) in [6.45, 7) is 1.80. The summed E-state index contributed by atoms with van der Waals surface area (Å²) in [4.78, 5) is 39.9. The summed E-state index contributed by atoms with van der Waals surface area (Å²) in [6.07, 6.45) is 0. The molecule has 3 amide bonds. The molecule has 3 N–H and O–H groups in total. The van der Waals surface area contributed by atoms with Crippen molar-refractivity contribution in [2.24, 2.45) is 11.8 Å². The van der Waals surface area contributed by atoms with E-state index in [0.717, 1.165) is 18.2 Å². The Morgan fingerprint density at radius 2 is 2.00 bits per heavy atom. The third-order valence-corrected chi connectivity index (χ3v) is 5.98. The van der Waals surface area contributed by atoms with Gasteiger partial charge in [0.25, 0.3) is 5.56 Å². The number of rotatable bonds is 4. The predicted molar refractivity (Wildman–Crippen MR) is 107 cm³/mol. The predicted octanol–water partition coefficient (Wildman–Crippen LogP) is 1.46. The van der Waals surface area contributed by atoms with Crippen LogP contribution in [-0.2, 0) is 11.3 Å². The van der Waals surface area contributed by atoms with Crippen molar-refractivity contribution >= 4 is 17.6 Å². The van der Waals surface area contributed by atoms with Crippen LogP contribution in [0.1, 0.15) is 18.7 Å². The van der Waals surface area contributed by atoms with Crippen LogP contribution in [0.3, 0.4) is 0 Å². The van der Waals surface area contributed by atoms with E-state index < -0.39 is 41.6 Å². The Labute approximate surface area is 176 Å². The van der Waals surface area contributed by atoms with Crippen LogP contribution in [0.5, 0.6) is 0 Å². The number of aromatic nitrogens is 1. The molecule has 1 aromatic carbocycles. The molecule has 1 saturated heterocycles. The topological polar surface area (TPSA) is 104 Å². The number of hydrogen-bond acceptors (Lipinski definition) is 4. The van der Waals surface area contributed by atoms with Gasteiger partial charge in [-0.15, -0.1) is 0 Å². The second-order valence-electron chi connectivity index (χ2n) is 7.64. The van der Waals surface area contributed by atoms with E-state index >= 15 is 0 Å². The van der Waals surface area contributed by atoms with Gasteiger partial charge in [-0.05, 0) is 25.1 Å². The molecule has 3 heterocycles. The SMILES string of the molecule is CCNC(=O)[C@@H]1[C@@H](CO)[C@@H]2Cn3c(cccc3=O)[C@H]1N2C(=O)Nc1cc(F)ccc1F. The Morgan fingerprint density at radius 1 is 1.23 bits per heavy atom. The molecule has 2 aliphatic rings. The van der Waals surface area contributed by atoms with E-state index in [1.807, 2.05) is 0 Å². The van der Waals surface area contributed by atoms with E-state index in [2.05, 4.69) is 10.6 Å². The summed E-state index contributed by atoms with van der Waals surface area (Å²) in [6, 6.07) is 4.99. The van der Waals surface area contributed by atoms with Gasteiger partial charge in [-0.2, -0.15) is 0 Å². The number of pyridine rings is 1. The third-order valence-electron chi connectivity index (χ3n) is 5.98. The van der Waals surface area contributed by atoms with Crippen molar-refractivity contribution in [1.82, 2.24) is 14.8 Å². The van der Waals surface area contributed by atoms with Crippen molar-refractivity contribution in [1.29, 1.82) is 0 Å². The van der Waals surface area contributed by atoms with Gasteiger partial charge in [0.2, 0.25) is 5.91 Å². The van der Waals surface area contributed by atoms with Crippen LogP contribution in [0.2, 0.25) is 0 Å². The van der Waals surface area contributed by atoms with Gasteiger partial charge in [0, 0.05) is 43.4 Å². The first-order valence-corrected chi connectivity index (χ1v) is 10.00. The molecule has 0 radical (unpaired) electrons. The number of halogens is 2. The molecule has 1 aromatic heterocycles. The highest BCUT2D eigenvalue weighted by molar-refractivity contribution is 5.92. The lowest BCUT2D eigenvalue weighted by atomic mass is 9.86. The van der Waals surface area contributed by atoms with Crippen LogP contribution in [-0.4, -0.2) is 45.7 Å². The number of benzene rings is 1. The summed E-state index contributed by atoms with van der Waals surface area (Å²) in [5.74, 6) is -3.33. The summed E-state index contributed by atoms with van der Waals surface area (Å²) in [5.41, 5.74) is -0.168. The molecule has 4 atom stereocenters. The quantitative estimate of drug-likeness (QED) is 0.681. The molecule has 1 fully saturated rings. The van der Waals surface area contributed by atoms with Crippen molar-refractivity contribution < 1.29 is 23.5 Å². The maximum absolute atomic E-state index is 14.1. The van der Waals surface area contributed by atoms with Gasteiger partial charge < -0.3 is 25.2 Å². The van der Waals surface area contributed by atoms with Gasteiger partial charge in [-0.3, -0.25) is 9.59 Å². The average Bonchev–Trinajstić information content (AvgIpc) is 2.98. The van der Waals surface area contributed by atoms with Gasteiger partial charge >= 0.3 is 6.03 Å². The average molecular weight is 432 g/mol. The summed E-state index contributed by atoms with van der Waals surface area (Å²) in [5, 5.41) is 15.2. The number of urea groups is 1. The third kappa shape index (κ3) is 3.46. The Balaban J connectivity index is 1.78. The molecule has 31 heavy (non-hydrogen) atoms. The zero-order chi connectivity index (χ0) is 22.3. The van der Waals surface area contributed by atoms with Crippen molar-refractivity contribution in [2.75, 3.05) is 18.5 Å². The number of carbonyl (C=O) groups excluding carboxylic acids is 2. The first-order chi connectivity index (χ1) is 14.9. The number of fused-ring (bicyclic) bond motifs is 4. The number of amides is 3. The number of aliphatic hydroxyl groups is 1. The van der Waals surface area contributed by atoms with Gasteiger partial charge in [-0.25, -0.2) is 13.6 Å². The zero-order valence-electron chi connectivity index (χ0n) is 16.7. The highest BCUT2D eigenvalue weighted by Crippen LogP contribution is 2.48. The normalized spacial score (nSPS) is 23.9. The Morgan fingerprint density at radius 3 is 2.71 bits per heavy atom. The molecule has 164 valence electrons. The molecule has 0 aliphatic carbocycles. The van der Waals surface area contributed by atoms with Crippen LogP contribution >= 0.6 is 0 Å². The van der Waals surface area contributed by atoms with Gasteiger partial charge in [0.15, 0.2) is 0 Å². The largest absolute Gasteiger partial charge is 0.396 e. The Kier molecular flexibility index (Phi) is 5.48. The minimum atomic E-state index is -0.854. The fraction of sp³-hybridized carbons (Fsp3) is 0.381. The fourth-order valence-corrected chi connectivity index (χ4v) is 4.70. The lowest BCUT2D eigenvalue weighted by Gasteiger charge is -2.38. The lowest BCUT2D eigenvalue weighted by molar-refractivity contribution is -0.127. The molecular formula is C21H22F2N4O4. The van der Waals surface area contributed by atoms with Crippen LogP contribution in [0, 0.1) is 23.5 Å². The monoisotopic (exact) mass is 432 g/mol. The summed E-state index contributed by atoms with van der Waals surface area (Å²) in [7, 11) is 0. The highest BCUT2D eigenvalue weighted by Gasteiger charge is 2.57. The van der Waals surface area contributed by atoms with E-state index in [9.17, 15) is 28.3 Å². The molecule has 0 saturated carbocycles. The van der Waals surface area contributed by atoms with E-state index in [1.54, 1.807) is 13.0 Å². The fourth-order valence-electron chi connectivity index (χ4n) is 4.70. The first kappa shape index (κ1) is 21.0. The summed E-state index contributed by atoms with van der Waals surface area (Å²) >= 11 is 0. The van der Waals surface area contributed by atoms with E-state index in [1.165, 1.54) is 21.6 Å². The molecule has 8 nitrogen and oxygen atoms in total. The van der Waals surface area contributed by atoms with E-state index in [0.29, 0.717) is 12.2 Å². The zero-order valence-corrected chi connectivity index (χ0v) is 16.7. The minimum absolute atomic E-state index is 0.0751. The Bertz CT molecular complexity index is 1090. The Hall–Kier alpha value is -3.27. The van der Waals surface area contributed by atoms with Crippen LogP contribution in [0.15, 0.2) is 41.2 Å². The smallest absolute Gasteiger partial charge is 0.322 e. The number of aliphatic hydroxyl groups excluding tert-OH is 1. The molecule has 2 aromatic rings. The van der Waals surface area contributed by atoms with Crippen molar-refractivity contribution in [3.05, 3.63) is 64.1 Å². The lowest BCUT2D eigenvalue weighted by Crippen LogP contribution is -2.50. The minimum Gasteiger partial charge on any atom is -0.396 e. The maximum atomic E-state index is 14.1. The van der Waals surface area contributed by atoms with Crippen LogP contribution in [0.25, 0.3) is 0 Å². The van der Waals surface area contributed by atoms with E-state index in [-0.39, 0.29) is 30.3 Å². The standard InChI is InChI=1S/C21H22F2N4O4/c1-2-24-20(30)18-12(10-28)16-9-26-15(4-3-5-17(26)29)19(18)27(16)21(31)25-14-8-11(22)6-7-13(14)23/h3-8,12,16,18-19,28H,2,9-10H2,1H3,(H,24,30)(H,25,31)/t12-,16-,18+,19+/m0/s1. The van der Waals surface area contributed by atoms with Gasteiger partial charge in [-0.1, -0.05) is 6.07 Å². The van der Waals surface area contributed by atoms with E-state index in [4.69, 9.17) is 0 Å². The van der Waals surface area contributed by atoms with Crippen LogP contribution in [0.4, 0.5) is 19.3 Å². The number of carbonyl (C=O) groups is 2. The second kappa shape index (κ2) is 8.10. The molecule has 2 bridgehead atoms. The maximum Gasteiger partial charge on any atom is 0.322 e. The number of anilines is 1. The number of nitrogens with one attached hydrogen (secondary N) is 2. The molecular weight excluding hydrogens is 410 g/mol. The van der Waals surface area contributed by atoms with Gasteiger partial charge in [0.1, 0.15) is 11.6 Å². The van der Waals surface area contributed by atoms with Crippen LogP contribution < -0.4 is 16.2 Å². The van der Waals surface area contributed by atoms with Crippen molar-refractivity contribution in [2.45, 2.75) is 25.6 Å². The number of hydrogen-bond donors (Lipinski definition) is 3. The second-order valence-corrected chi connectivity index (χ2v) is 7.64. The first-order valence-electron chi connectivity index (χ1n) is 10.00. The molecule has 10 heteroatoms. The summed E-state index contributed by atoms with van der Waals surface area (Å²) < 4.78 is 29.1.